The van der Waals surface area contributed by atoms with Gasteiger partial charge in [0.1, 0.15) is 5.82 Å². The Bertz CT molecular complexity index is 1560. The zero-order chi connectivity index (χ0) is 27.8. The number of hydrogen-bond acceptors (Lipinski definition) is 4. The van der Waals surface area contributed by atoms with E-state index in [2.05, 4.69) is 20.9 Å². The molecule has 0 fully saturated rings. The monoisotopic (exact) mass is 575 g/mol. The molecule has 4 aromatic rings. The molecular formula is C27H25Cl3FN5O2. The Kier molecular flexibility index (Phi) is 7.88. The summed E-state index contributed by atoms with van der Waals surface area (Å²) < 4.78 is 16.6. The topological polar surface area (TPSA) is 88.1 Å². The molecule has 0 saturated carbocycles. The number of aryl methyl sites for hydroxylation is 1. The Hall–Kier alpha value is -3.33. The molecule has 0 spiro atoms. The number of hydrogen-bond donors (Lipinski definition) is 3. The zero-order valence-electron chi connectivity index (χ0n) is 21.0. The van der Waals surface area contributed by atoms with Gasteiger partial charge in [0.25, 0.3) is 5.91 Å². The molecule has 198 valence electrons. The second-order valence-electron chi connectivity index (χ2n) is 9.73. The van der Waals surface area contributed by atoms with Crippen LogP contribution in [0.5, 0.6) is 0 Å². The number of anilines is 3. The number of nitrogens with one attached hydrogen (secondary N) is 3. The van der Waals surface area contributed by atoms with E-state index in [1.165, 1.54) is 12.1 Å². The summed E-state index contributed by atoms with van der Waals surface area (Å²) in [5.74, 6) is -1.14. The highest BCUT2D eigenvalue weighted by Gasteiger charge is 2.22. The molecule has 0 bridgehead atoms. The SMILES string of the molecule is Cn1c(Nc2c(Cl)ccc(CNC(=O)C(C)(C)C)c2Cl)nc2cc(C(=O)Nc3cccc(Cl)c3)c(F)cc21. The summed E-state index contributed by atoms with van der Waals surface area (Å²) >= 11 is 19.0. The maximum Gasteiger partial charge on any atom is 0.258 e. The summed E-state index contributed by atoms with van der Waals surface area (Å²) in [7, 11) is 1.69. The molecule has 0 saturated heterocycles. The number of aromatic nitrogens is 2. The van der Waals surface area contributed by atoms with Gasteiger partial charge in [0.15, 0.2) is 0 Å². The normalized spacial score (nSPS) is 11.5. The van der Waals surface area contributed by atoms with Crippen LogP contribution in [0, 0.1) is 11.2 Å². The minimum Gasteiger partial charge on any atom is -0.352 e. The highest BCUT2D eigenvalue weighted by atomic mass is 35.5. The van der Waals surface area contributed by atoms with Crippen LogP contribution in [0.1, 0.15) is 36.7 Å². The van der Waals surface area contributed by atoms with Crippen molar-refractivity contribution in [2.24, 2.45) is 12.5 Å². The van der Waals surface area contributed by atoms with Crippen molar-refractivity contribution < 1.29 is 14.0 Å². The van der Waals surface area contributed by atoms with Crippen molar-refractivity contribution in [3.05, 3.63) is 80.5 Å². The highest BCUT2D eigenvalue weighted by Crippen LogP contribution is 2.36. The Balaban J connectivity index is 1.62. The maximum absolute atomic E-state index is 15.0. The molecule has 1 aromatic heterocycles. The summed E-state index contributed by atoms with van der Waals surface area (Å²) in [5.41, 5.74) is 1.59. The minimum absolute atomic E-state index is 0.120. The first-order valence-corrected chi connectivity index (χ1v) is 12.7. The summed E-state index contributed by atoms with van der Waals surface area (Å²) in [5, 5.41) is 9.70. The highest BCUT2D eigenvalue weighted by molar-refractivity contribution is 6.39. The molecule has 3 aromatic carbocycles. The molecule has 7 nitrogen and oxygen atoms in total. The molecule has 0 aliphatic heterocycles. The first-order valence-electron chi connectivity index (χ1n) is 11.6. The smallest absolute Gasteiger partial charge is 0.258 e. The molecular weight excluding hydrogens is 552 g/mol. The molecule has 0 unspecified atom stereocenters. The van der Waals surface area contributed by atoms with Gasteiger partial charge in [-0.05, 0) is 35.9 Å². The van der Waals surface area contributed by atoms with Gasteiger partial charge in [-0.3, -0.25) is 9.59 Å². The van der Waals surface area contributed by atoms with Crippen LogP contribution in [0.2, 0.25) is 15.1 Å². The van der Waals surface area contributed by atoms with Crippen LogP contribution in [0.25, 0.3) is 11.0 Å². The quantitative estimate of drug-likeness (QED) is 0.224. The van der Waals surface area contributed by atoms with E-state index in [-0.39, 0.29) is 18.0 Å². The average Bonchev–Trinajstić information content (AvgIpc) is 3.14. The lowest BCUT2D eigenvalue weighted by Crippen LogP contribution is -2.34. The van der Waals surface area contributed by atoms with E-state index < -0.39 is 17.1 Å². The summed E-state index contributed by atoms with van der Waals surface area (Å²) in [6, 6.07) is 12.6. The number of rotatable bonds is 6. The molecule has 38 heavy (non-hydrogen) atoms. The van der Waals surface area contributed by atoms with E-state index in [4.69, 9.17) is 34.8 Å². The largest absolute Gasteiger partial charge is 0.352 e. The molecule has 0 aliphatic rings. The predicted molar refractivity (Wildman–Crippen MR) is 151 cm³/mol. The Morgan fingerprint density at radius 1 is 1.05 bits per heavy atom. The fraction of sp³-hybridized carbons (Fsp3) is 0.222. The van der Waals surface area contributed by atoms with Gasteiger partial charge in [0, 0.05) is 35.8 Å². The number of carbonyl (C=O) groups is 2. The van der Waals surface area contributed by atoms with Gasteiger partial charge in [-0.25, -0.2) is 9.37 Å². The fourth-order valence-corrected chi connectivity index (χ4v) is 4.38. The molecule has 11 heteroatoms. The van der Waals surface area contributed by atoms with Crippen LogP contribution in [-0.2, 0) is 18.4 Å². The Morgan fingerprint density at radius 3 is 2.47 bits per heavy atom. The molecule has 4 rings (SSSR count). The van der Waals surface area contributed by atoms with Crippen molar-refractivity contribution in [1.29, 1.82) is 0 Å². The number of halogens is 4. The van der Waals surface area contributed by atoms with E-state index in [1.54, 1.807) is 48.0 Å². The first kappa shape index (κ1) is 27.7. The van der Waals surface area contributed by atoms with Gasteiger partial charge < -0.3 is 20.5 Å². The third kappa shape index (κ3) is 5.88. The van der Waals surface area contributed by atoms with Crippen molar-refractivity contribution in [2.45, 2.75) is 27.3 Å². The van der Waals surface area contributed by atoms with Crippen molar-refractivity contribution in [3.8, 4) is 0 Å². The number of carbonyl (C=O) groups excluding carboxylic acids is 2. The van der Waals surface area contributed by atoms with Gasteiger partial charge in [0.2, 0.25) is 11.9 Å². The summed E-state index contributed by atoms with van der Waals surface area (Å²) in [6.45, 7) is 5.67. The van der Waals surface area contributed by atoms with Gasteiger partial charge in [-0.15, -0.1) is 0 Å². The van der Waals surface area contributed by atoms with Crippen molar-refractivity contribution in [1.82, 2.24) is 14.9 Å². The third-order valence-corrected chi connectivity index (χ3v) is 6.81. The van der Waals surface area contributed by atoms with Crippen molar-refractivity contribution in [2.75, 3.05) is 10.6 Å². The average molecular weight is 577 g/mol. The zero-order valence-corrected chi connectivity index (χ0v) is 23.3. The molecule has 2 amide bonds. The lowest BCUT2D eigenvalue weighted by atomic mass is 9.95. The first-order chi connectivity index (χ1) is 17.8. The molecule has 1 heterocycles. The number of amides is 2. The maximum atomic E-state index is 15.0. The lowest BCUT2D eigenvalue weighted by Gasteiger charge is -2.19. The molecule has 3 N–H and O–H groups in total. The van der Waals surface area contributed by atoms with Gasteiger partial charge >= 0.3 is 0 Å². The third-order valence-electron chi connectivity index (χ3n) is 5.83. The van der Waals surface area contributed by atoms with E-state index in [0.717, 1.165) is 0 Å². The number of nitrogens with zero attached hydrogens (tertiary/aromatic N) is 2. The number of fused-ring (bicyclic) bond motifs is 1. The second kappa shape index (κ2) is 10.8. The fourth-order valence-electron chi connectivity index (χ4n) is 3.66. The number of benzene rings is 3. The van der Waals surface area contributed by atoms with Crippen LogP contribution in [-0.4, -0.2) is 21.4 Å². The standard InChI is InChI=1S/C27H25Cl3FN5O2/c1-27(2,3)25(38)32-13-14-8-9-18(29)23(22(14)30)35-26-34-20-11-17(19(31)12-21(20)36(26)4)24(37)33-16-7-5-6-15(28)10-16/h5-12H,13H2,1-4H3,(H,32,38)(H,33,37)(H,34,35). The second-order valence-corrected chi connectivity index (χ2v) is 11.0. The van der Waals surface area contributed by atoms with Gasteiger partial charge in [-0.2, -0.15) is 0 Å². The Morgan fingerprint density at radius 2 is 1.79 bits per heavy atom. The van der Waals surface area contributed by atoms with Crippen LogP contribution in [0.15, 0.2) is 48.5 Å². The number of imidazole rings is 1. The van der Waals surface area contributed by atoms with E-state index in [9.17, 15) is 14.0 Å². The predicted octanol–water partition coefficient (Wildman–Crippen LogP) is 7.33. The van der Waals surface area contributed by atoms with E-state index in [1.807, 2.05) is 20.8 Å². The summed E-state index contributed by atoms with van der Waals surface area (Å²) in [4.78, 5) is 29.6. The molecule has 0 atom stereocenters. The van der Waals surface area contributed by atoms with Crippen LogP contribution < -0.4 is 16.0 Å². The van der Waals surface area contributed by atoms with Crippen molar-refractivity contribution >= 4 is 75.0 Å². The Labute approximate surface area is 234 Å². The van der Waals surface area contributed by atoms with Crippen LogP contribution >= 0.6 is 34.8 Å². The van der Waals surface area contributed by atoms with Gasteiger partial charge in [0.05, 0.1) is 32.3 Å². The lowest BCUT2D eigenvalue weighted by molar-refractivity contribution is -0.128. The summed E-state index contributed by atoms with van der Waals surface area (Å²) in [6.07, 6.45) is 0. The van der Waals surface area contributed by atoms with Crippen LogP contribution in [0.4, 0.5) is 21.7 Å². The van der Waals surface area contributed by atoms with E-state index in [0.29, 0.717) is 49.0 Å². The van der Waals surface area contributed by atoms with Crippen molar-refractivity contribution in [3.63, 3.8) is 0 Å². The minimum atomic E-state index is -0.709. The molecule has 0 radical (unpaired) electrons. The van der Waals surface area contributed by atoms with Gasteiger partial charge in [-0.1, -0.05) is 67.7 Å². The molecule has 0 aliphatic carbocycles. The van der Waals surface area contributed by atoms with E-state index >= 15 is 0 Å². The van der Waals surface area contributed by atoms with Crippen LogP contribution in [0.3, 0.4) is 0 Å².